The second-order valence-electron chi connectivity index (χ2n) is 3.46. The molecule has 1 atom stereocenters. The van der Waals surface area contributed by atoms with Gasteiger partial charge in [0.15, 0.2) is 6.10 Å². The van der Waals surface area contributed by atoms with Crippen molar-refractivity contribution in [3.05, 3.63) is 34.2 Å². The number of ether oxygens (including phenoxy) is 2. The van der Waals surface area contributed by atoms with Crippen LogP contribution >= 0.6 is 0 Å². The quantitative estimate of drug-likeness (QED) is 0.748. The number of H-pyrrole nitrogens is 1. The van der Waals surface area contributed by atoms with E-state index in [9.17, 15) is 9.59 Å². The number of hydrogen-bond acceptors (Lipinski definition) is 4. The minimum absolute atomic E-state index is 0.193. The lowest BCUT2D eigenvalue weighted by Crippen LogP contribution is -2.29. The van der Waals surface area contributed by atoms with Crippen LogP contribution in [0.25, 0.3) is 0 Å². The molecule has 17 heavy (non-hydrogen) atoms. The molecule has 0 aliphatic carbocycles. The standard InChI is InChI=1S/C12H17NO4/c1-3-16-10(12(15)17-4-2)7-9-5-6-13-11(14)8-9/h5-6,8,10H,3-4,7H2,1-2H3,(H,13,14). The smallest absolute Gasteiger partial charge is 0.335 e. The molecule has 0 fully saturated rings. The Morgan fingerprint density at radius 3 is 2.76 bits per heavy atom. The third-order valence-corrected chi connectivity index (χ3v) is 2.18. The summed E-state index contributed by atoms with van der Waals surface area (Å²) in [6, 6.07) is 3.19. The van der Waals surface area contributed by atoms with Gasteiger partial charge in [-0.25, -0.2) is 4.79 Å². The fourth-order valence-electron chi connectivity index (χ4n) is 1.48. The van der Waals surface area contributed by atoms with Gasteiger partial charge in [0.25, 0.3) is 0 Å². The van der Waals surface area contributed by atoms with Crippen molar-refractivity contribution in [3.8, 4) is 0 Å². The number of aromatic nitrogens is 1. The average Bonchev–Trinajstić information content (AvgIpc) is 2.29. The molecule has 0 saturated carbocycles. The van der Waals surface area contributed by atoms with Gasteiger partial charge in [-0.1, -0.05) is 0 Å². The van der Waals surface area contributed by atoms with E-state index in [-0.39, 0.29) is 5.56 Å². The SMILES string of the molecule is CCOC(=O)C(Cc1cc[nH]c(=O)c1)OCC. The molecule has 0 bridgehead atoms. The van der Waals surface area contributed by atoms with Crippen LogP contribution in [0.1, 0.15) is 19.4 Å². The molecular weight excluding hydrogens is 222 g/mol. The highest BCUT2D eigenvalue weighted by Gasteiger charge is 2.20. The molecule has 1 heterocycles. The van der Waals surface area contributed by atoms with E-state index in [0.717, 1.165) is 5.56 Å². The van der Waals surface area contributed by atoms with E-state index in [0.29, 0.717) is 19.6 Å². The molecule has 0 aliphatic rings. The number of esters is 1. The molecule has 0 radical (unpaired) electrons. The summed E-state index contributed by atoms with van der Waals surface area (Å²) in [7, 11) is 0. The second kappa shape index (κ2) is 6.85. The van der Waals surface area contributed by atoms with Gasteiger partial charge in [-0.3, -0.25) is 4.79 Å². The summed E-state index contributed by atoms with van der Waals surface area (Å²) >= 11 is 0. The largest absolute Gasteiger partial charge is 0.464 e. The van der Waals surface area contributed by atoms with Crippen LogP contribution in [0.5, 0.6) is 0 Å². The molecule has 1 aromatic rings. The summed E-state index contributed by atoms with van der Waals surface area (Å²) in [6.45, 7) is 4.29. The molecule has 1 aromatic heterocycles. The minimum atomic E-state index is -0.651. The van der Waals surface area contributed by atoms with Crippen molar-refractivity contribution in [1.29, 1.82) is 0 Å². The Bertz CT molecular complexity index is 413. The maximum atomic E-state index is 11.6. The van der Waals surface area contributed by atoms with Crippen molar-refractivity contribution in [2.24, 2.45) is 0 Å². The van der Waals surface area contributed by atoms with Gasteiger partial charge in [0.2, 0.25) is 5.56 Å². The van der Waals surface area contributed by atoms with Crippen molar-refractivity contribution in [1.82, 2.24) is 4.98 Å². The first-order valence-electron chi connectivity index (χ1n) is 5.63. The van der Waals surface area contributed by atoms with Crippen LogP contribution in [0.15, 0.2) is 23.1 Å². The van der Waals surface area contributed by atoms with Gasteiger partial charge in [0.05, 0.1) is 6.61 Å². The number of rotatable bonds is 6. The van der Waals surface area contributed by atoms with Crippen molar-refractivity contribution < 1.29 is 14.3 Å². The summed E-state index contributed by atoms with van der Waals surface area (Å²) in [5.74, 6) is -0.394. The van der Waals surface area contributed by atoms with Gasteiger partial charge >= 0.3 is 5.97 Å². The molecule has 0 aliphatic heterocycles. The Balaban J connectivity index is 2.72. The van der Waals surface area contributed by atoms with Crippen molar-refractivity contribution in [2.75, 3.05) is 13.2 Å². The minimum Gasteiger partial charge on any atom is -0.464 e. The summed E-state index contributed by atoms with van der Waals surface area (Å²) < 4.78 is 10.2. The van der Waals surface area contributed by atoms with E-state index in [1.807, 2.05) is 6.92 Å². The van der Waals surface area contributed by atoms with Gasteiger partial charge in [-0.2, -0.15) is 0 Å². The lowest BCUT2D eigenvalue weighted by molar-refractivity contribution is -0.156. The maximum absolute atomic E-state index is 11.6. The number of aromatic amines is 1. The average molecular weight is 239 g/mol. The Labute approximate surface area is 99.8 Å². The van der Waals surface area contributed by atoms with Crippen LogP contribution in [-0.4, -0.2) is 30.3 Å². The lowest BCUT2D eigenvalue weighted by Gasteiger charge is -2.15. The Hall–Kier alpha value is -1.62. The molecule has 0 saturated heterocycles. The monoisotopic (exact) mass is 239 g/mol. The van der Waals surface area contributed by atoms with E-state index >= 15 is 0 Å². The number of nitrogens with one attached hydrogen (secondary N) is 1. The van der Waals surface area contributed by atoms with Crippen LogP contribution < -0.4 is 5.56 Å². The van der Waals surface area contributed by atoms with Crippen molar-refractivity contribution in [2.45, 2.75) is 26.4 Å². The van der Waals surface area contributed by atoms with Crippen LogP contribution in [0.4, 0.5) is 0 Å². The number of pyridine rings is 1. The Morgan fingerprint density at radius 1 is 1.41 bits per heavy atom. The molecule has 0 aromatic carbocycles. The highest BCUT2D eigenvalue weighted by molar-refractivity contribution is 5.75. The van der Waals surface area contributed by atoms with E-state index in [1.54, 1.807) is 19.2 Å². The molecule has 5 nitrogen and oxygen atoms in total. The normalized spacial score (nSPS) is 12.1. The highest BCUT2D eigenvalue weighted by atomic mass is 16.6. The van der Waals surface area contributed by atoms with Crippen molar-refractivity contribution >= 4 is 5.97 Å². The maximum Gasteiger partial charge on any atom is 0.335 e. The van der Waals surface area contributed by atoms with Gasteiger partial charge < -0.3 is 14.5 Å². The van der Waals surface area contributed by atoms with E-state index < -0.39 is 12.1 Å². The first kappa shape index (κ1) is 13.4. The third kappa shape index (κ3) is 4.40. The molecule has 0 amide bonds. The van der Waals surface area contributed by atoms with E-state index in [1.165, 1.54) is 6.07 Å². The number of carbonyl (C=O) groups excluding carboxylic acids is 1. The first-order valence-corrected chi connectivity index (χ1v) is 5.63. The first-order chi connectivity index (χ1) is 8.17. The fourth-order valence-corrected chi connectivity index (χ4v) is 1.48. The molecule has 1 rings (SSSR count). The molecule has 1 unspecified atom stereocenters. The van der Waals surface area contributed by atoms with E-state index in [4.69, 9.17) is 9.47 Å². The van der Waals surface area contributed by atoms with Crippen LogP contribution in [0.3, 0.4) is 0 Å². The molecule has 0 spiro atoms. The zero-order valence-corrected chi connectivity index (χ0v) is 10.1. The topological polar surface area (TPSA) is 68.4 Å². The Kier molecular flexibility index (Phi) is 5.42. The van der Waals surface area contributed by atoms with Crippen LogP contribution in [0, 0.1) is 0 Å². The molecular formula is C12H17NO4. The van der Waals surface area contributed by atoms with Gasteiger partial charge in [0, 0.05) is 25.3 Å². The summed E-state index contributed by atoms with van der Waals surface area (Å²) in [5, 5.41) is 0. The number of hydrogen-bond donors (Lipinski definition) is 1. The zero-order valence-electron chi connectivity index (χ0n) is 10.1. The summed E-state index contributed by atoms with van der Waals surface area (Å²) in [6.07, 6.45) is 1.24. The molecule has 94 valence electrons. The third-order valence-electron chi connectivity index (χ3n) is 2.18. The second-order valence-corrected chi connectivity index (χ2v) is 3.46. The number of carbonyl (C=O) groups is 1. The summed E-state index contributed by atoms with van der Waals surface area (Å²) in [4.78, 5) is 25.2. The van der Waals surface area contributed by atoms with Crippen LogP contribution in [-0.2, 0) is 20.7 Å². The lowest BCUT2D eigenvalue weighted by atomic mass is 10.1. The zero-order chi connectivity index (χ0) is 12.7. The van der Waals surface area contributed by atoms with Gasteiger partial charge in [0.1, 0.15) is 0 Å². The molecule has 5 heteroatoms. The van der Waals surface area contributed by atoms with Crippen LogP contribution in [0.2, 0.25) is 0 Å². The van der Waals surface area contributed by atoms with Gasteiger partial charge in [-0.05, 0) is 25.5 Å². The van der Waals surface area contributed by atoms with Crippen molar-refractivity contribution in [3.63, 3.8) is 0 Å². The highest BCUT2D eigenvalue weighted by Crippen LogP contribution is 2.05. The van der Waals surface area contributed by atoms with Gasteiger partial charge in [-0.15, -0.1) is 0 Å². The predicted molar refractivity (Wildman–Crippen MR) is 62.8 cm³/mol. The fraction of sp³-hybridized carbons (Fsp3) is 0.500. The summed E-state index contributed by atoms with van der Waals surface area (Å²) in [5.41, 5.74) is 0.557. The Morgan fingerprint density at radius 2 is 2.18 bits per heavy atom. The molecule has 1 N–H and O–H groups in total. The predicted octanol–water partition coefficient (Wildman–Crippen LogP) is 0.886. The van der Waals surface area contributed by atoms with E-state index in [2.05, 4.69) is 4.98 Å².